The van der Waals surface area contributed by atoms with Gasteiger partial charge in [-0.2, -0.15) is 0 Å². The van der Waals surface area contributed by atoms with Gasteiger partial charge in [-0.1, -0.05) is 34.1 Å². The molecule has 0 aromatic carbocycles. The summed E-state index contributed by atoms with van der Waals surface area (Å²) in [7, 11) is 0. The Hall–Kier alpha value is -0.0800. The van der Waals surface area contributed by atoms with Gasteiger partial charge in [0.2, 0.25) is 0 Å². The molecule has 2 nitrogen and oxygen atoms in total. The van der Waals surface area contributed by atoms with Gasteiger partial charge in [-0.15, -0.1) is 0 Å². The second kappa shape index (κ2) is 7.24. The van der Waals surface area contributed by atoms with Crippen LogP contribution in [0.3, 0.4) is 0 Å². The van der Waals surface area contributed by atoms with Crippen LogP contribution < -0.4 is 0 Å². The summed E-state index contributed by atoms with van der Waals surface area (Å²) in [4.78, 5) is 2.47. The van der Waals surface area contributed by atoms with Crippen molar-refractivity contribution < 1.29 is 5.11 Å². The molecule has 86 valence electrons. The largest absolute Gasteiger partial charge is 0.396 e. The predicted molar refractivity (Wildman–Crippen MR) is 62.5 cm³/mol. The molecule has 0 atom stereocenters. The lowest BCUT2D eigenvalue weighted by atomic mass is 9.96. The minimum absolute atomic E-state index is 0.312. The van der Waals surface area contributed by atoms with E-state index < -0.39 is 0 Å². The van der Waals surface area contributed by atoms with Gasteiger partial charge in [0, 0.05) is 19.7 Å². The third kappa shape index (κ3) is 8.52. The topological polar surface area (TPSA) is 23.5 Å². The van der Waals surface area contributed by atoms with Crippen LogP contribution in [-0.4, -0.2) is 36.2 Å². The van der Waals surface area contributed by atoms with E-state index in [2.05, 4.69) is 32.6 Å². The van der Waals surface area contributed by atoms with Crippen molar-refractivity contribution in [1.29, 1.82) is 0 Å². The first-order valence-electron chi connectivity index (χ1n) is 5.83. The van der Waals surface area contributed by atoms with Crippen LogP contribution in [0.4, 0.5) is 0 Å². The highest BCUT2D eigenvalue weighted by atomic mass is 16.3. The van der Waals surface area contributed by atoms with Crippen LogP contribution in [0.1, 0.15) is 47.0 Å². The van der Waals surface area contributed by atoms with Gasteiger partial charge in [-0.05, 0) is 24.8 Å². The molecule has 0 rings (SSSR count). The highest BCUT2D eigenvalue weighted by Gasteiger charge is 2.15. The van der Waals surface area contributed by atoms with E-state index in [1.54, 1.807) is 0 Å². The van der Waals surface area contributed by atoms with Gasteiger partial charge in [0.1, 0.15) is 0 Å². The first kappa shape index (κ1) is 13.9. The van der Waals surface area contributed by atoms with Gasteiger partial charge in [0.05, 0.1) is 0 Å². The smallest absolute Gasteiger partial charge is 0.0443 e. The van der Waals surface area contributed by atoms with Crippen LogP contribution in [0.2, 0.25) is 0 Å². The highest BCUT2D eigenvalue weighted by Crippen LogP contribution is 2.15. The molecule has 0 aliphatic carbocycles. The van der Waals surface area contributed by atoms with Crippen molar-refractivity contribution in [3.05, 3.63) is 0 Å². The Labute approximate surface area is 89.3 Å². The lowest BCUT2D eigenvalue weighted by Crippen LogP contribution is -2.34. The van der Waals surface area contributed by atoms with Gasteiger partial charge in [0.25, 0.3) is 0 Å². The Morgan fingerprint density at radius 2 is 1.64 bits per heavy atom. The normalized spacial score (nSPS) is 12.4. The number of hydrogen-bond acceptors (Lipinski definition) is 2. The Balaban J connectivity index is 3.84. The molecule has 0 aliphatic rings. The Kier molecular flexibility index (Phi) is 7.20. The molecule has 0 aliphatic heterocycles. The van der Waals surface area contributed by atoms with Gasteiger partial charge >= 0.3 is 0 Å². The van der Waals surface area contributed by atoms with E-state index in [1.807, 2.05) is 0 Å². The average Bonchev–Trinajstić information content (AvgIpc) is 2.07. The molecule has 0 unspecified atom stereocenters. The minimum atomic E-state index is 0.312. The lowest BCUT2D eigenvalue weighted by Gasteiger charge is -2.29. The van der Waals surface area contributed by atoms with Crippen LogP contribution in [0.15, 0.2) is 0 Å². The molecule has 1 N–H and O–H groups in total. The molecule has 0 heterocycles. The molecule has 2 heteroatoms. The summed E-state index contributed by atoms with van der Waals surface area (Å²) < 4.78 is 0. The van der Waals surface area contributed by atoms with Gasteiger partial charge < -0.3 is 10.0 Å². The first-order valence-corrected chi connectivity index (χ1v) is 5.83. The summed E-state index contributed by atoms with van der Waals surface area (Å²) in [6.45, 7) is 12.7. The Morgan fingerprint density at radius 1 is 1.07 bits per heavy atom. The SMILES string of the molecule is CCCCN(CCCO)CC(C)(C)C. The summed E-state index contributed by atoms with van der Waals surface area (Å²) in [5, 5.41) is 8.81. The monoisotopic (exact) mass is 201 g/mol. The van der Waals surface area contributed by atoms with Crippen molar-refractivity contribution in [3.63, 3.8) is 0 Å². The van der Waals surface area contributed by atoms with E-state index in [4.69, 9.17) is 5.11 Å². The van der Waals surface area contributed by atoms with Crippen molar-refractivity contribution in [2.75, 3.05) is 26.2 Å². The van der Waals surface area contributed by atoms with Gasteiger partial charge in [-0.3, -0.25) is 0 Å². The van der Waals surface area contributed by atoms with Crippen LogP contribution >= 0.6 is 0 Å². The number of hydrogen-bond donors (Lipinski definition) is 1. The molecular weight excluding hydrogens is 174 g/mol. The maximum Gasteiger partial charge on any atom is 0.0443 e. The molecule has 0 radical (unpaired) electrons. The van der Waals surface area contributed by atoms with E-state index in [-0.39, 0.29) is 0 Å². The zero-order valence-electron chi connectivity index (χ0n) is 10.3. The molecule has 0 bridgehead atoms. The van der Waals surface area contributed by atoms with Crippen molar-refractivity contribution in [2.45, 2.75) is 47.0 Å². The summed E-state index contributed by atoms with van der Waals surface area (Å²) in [6, 6.07) is 0. The fourth-order valence-corrected chi connectivity index (χ4v) is 1.62. The number of aliphatic hydroxyl groups excluding tert-OH is 1. The fourth-order valence-electron chi connectivity index (χ4n) is 1.62. The number of nitrogens with zero attached hydrogens (tertiary/aromatic N) is 1. The molecule has 0 saturated carbocycles. The van der Waals surface area contributed by atoms with Crippen LogP contribution in [0.5, 0.6) is 0 Å². The maximum absolute atomic E-state index is 8.81. The minimum Gasteiger partial charge on any atom is -0.396 e. The van der Waals surface area contributed by atoms with Crippen LogP contribution in [0, 0.1) is 5.41 Å². The standard InChI is InChI=1S/C12H27NO/c1-5-6-8-13(9-7-10-14)11-12(2,3)4/h14H,5-11H2,1-4H3. The quantitative estimate of drug-likeness (QED) is 0.684. The molecule has 0 amide bonds. The van der Waals surface area contributed by atoms with E-state index in [9.17, 15) is 0 Å². The first-order chi connectivity index (χ1) is 6.49. The van der Waals surface area contributed by atoms with Crippen molar-refractivity contribution >= 4 is 0 Å². The van der Waals surface area contributed by atoms with Crippen molar-refractivity contribution in [1.82, 2.24) is 4.90 Å². The summed E-state index contributed by atoms with van der Waals surface area (Å²) >= 11 is 0. The summed E-state index contributed by atoms with van der Waals surface area (Å²) in [5.41, 5.74) is 0.364. The molecular formula is C12H27NO. The van der Waals surface area contributed by atoms with E-state index >= 15 is 0 Å². The second-order valence-electron chi connectivity index (χ2n) is 5.27. The molecule has 0 aromatic heterocycles. The predicted octanol–water partition coefficient (Wildman–Crippen LogP) is 2.52. The Morgan fingerprint density at radius 3 is 2.07 bits per heavy atom. The summed E-state index contributed by atoms with van der Waals surface area (Å²) in [6.07, 6.45) is 3.42. The van der Waals surface area contributed by atoms with E-state index in [0.29, 0.717) is 12.0 Å². The molecule has 0 saturated heterocycles. The number of rotatable bonds is 7. The second-order valence-corrected chi connectivity index (χ2v) is 5.27. The molecule has 0 fully saturated rings. The zero-order chi connectivity index (χ0) is 11.0. The highest BCUT2D eigenvalue weighted by molar-refractivity contribution is 4.69. The zero-order valence-corrected chi connectivity index (χ0v) is 10.3. The third-order valence-electron chi connectivity index (χ3n) is 2.16. The lowest BCUT2D eigenvalue weighted by molar-refractivity contribution is 0.170. The van der Waals surface area contributed by atoms with Crippen molar-refractivity contribution in [3.8, 4) is 0 Å². The Bertz CT molecular complexity index is 121. The van der Waals surface area contributed by atoms with Gasteiger partial charge in [-0.25, -0.2) is 0 Å². The molecule has 14 heavy (non-hydrogen) atoms. The summed E-state index contributed by atoms with van der Waals surface area (Å²) in [5.74, 6) is 0. The van der Waals surface area contributed by atoms with E-state index in [1.165, 1.54) is 19.4 Å². The fraction of sp³-hybridized carbons (Fsp3) is 1.00. The third-order valence-corrected chi connectivity index (χ3v) is 2.16. The van der Waals surface area contributed by atoms with E-state index in [0.717, 1.165) is 19.5 Å². The van der Waals surface area contributed by atoms with Crippen LogP contribution in [-0.2, 0) is 0 Å². The van der Waals surface area contributed by atoms with Crippen LogP contribution in [0.25, 0.3) is 0 Å². The molecule has 0 spiro atoms. The average molecular weight is 201 g/mol. The number of unbranched alkanes of at least 4 members (excludes halogenated alkanes) is 1. The maximum atomic E-state index is 8.81. The molecule has 0 aromatic rings. The van der Waals surface area contributed by atoms with Gasteiger partial charge in [0.15, 0.2) is 0 Å². The number of aliphatic hydroxyl groups is 1. The van der Waals surface area contributed by atoms with Crippen molar-refractivity contribution in [2.24, 2.45) is 5.41 Å².